The van der Waals surface area contributed by atoms with Gasteiger partial charge in [-0.3, -0.25) is 14.4 Å². The number of aryl methyl sites for hydroxylation is 1. The molecule has 8 nitrogen and oxygen atoms in total. The lowest BCUT2D eigenvalue weighted by atomic mass is 10.0. The number of benzene rings is 2. The zero-order valence-corrected chi connectivity index (χ0v) is 19.8. The van der Waals surface area contributed by atoms with Crippen molar-refractivity contribution in [3.63, 3.8) is 0 Å². The van der Waals surface area contributed by atoms with Gasteiger partial charge >= 0.3 is 5.97 Å². The lowest BCUT2D eigenvalue weighted by Gasteiger charge is -2.12. The number of imide groups is 1. The standard InChI is InChI=1S/C26H20N2O6S/c1-27-20-14-21(16-7-9-18(33-2)10-8-16)35-25(20)19(13-24(27)31)15-3-5-17(6-4-15)26(32)34-28-22(29)11-12-23(28)30/h3-10,13-14H,11-12H2,1-2H3. The van der Waals surface area contributed by atoms with Crippen LogP contribution >= 0.6 is 11.3 Å². The number of carbonyl (C=O) groups is 3. The summed E-state index contributed by atoms with van der Waals surface area (Å²) in [7, 11) is 3.35. The summed E-state index contributed by atoms with van der Waals surface area (Å²) in [5.74, 6) is -1.10. The number of hydrogen-bond acceptors (Lipinski definition) is 7. The number of methoxy groups -OCH3 is 1. The predicted molar refractivity (Wildman–Crippen MR) is 131 cm³/mol. The largest absolute Gasteiger partial charge is 0.497 e. The molecule has 0 unspecified atom stereocenters. The lowest BCUT2D eigenvalue weighted by Crippen LogP contribution is -2.32. The van der Waals surface area contributed by atoms with E-state index >= 15 is 0 Å². The number of pyridine rings is 1. The predicted octanol–water partition coefficient (Wildman–Crippen LogP) is 4.16. The normalized spacial score (nSPS) is 13.5. The molecule has 3 heterocycles. The van der Waals surface area contributed by atoms with Crippen LogP contribution in [0, 0.1) is 0 Å². The van der Waals surface area contributed by atoms with Crippen LogP contribution in [0.5, 0.6) is 5.75 Å². The van der Waals surface area contributed by atoms with E-state index in [2.05, 4.69) is 0 Å². The fourth-order valence-corrected chi connectivity index (χ4v) is 5.15. The second kappa shape index (κ2) is 8.84. The van der Waals surface area contributed by atoms with Crippen molar-refractivity contribution >= 4 is 39.3 Å². The van der Waals surface area contributed by atoms with Gasteiger partial charge in [0.1, 0.15) is 5.75 Å². The Hall–Kier alpha value is -4.24. The average Bonchev–Trinajstić information content (AvgIpc) is 3.46. The quantitative estimate of drug-likeness (QED) is 0.392. The zero-order valence-electron chi connectivity index (χ0n) is 18.9. The number of rotatable bonds is 5. The second-order valence-electron chi connectivity index (χ2n) is 8.05. The Morgan fingerprint density at radius 3 is 2.14 bits per heavy atom. The molecule has 2 aromatic carbocycles. The summed E-state index contributed by atoms with van der Waals surface area (Å²) in [5, 5.41) is 0.521. The first kappa shape index (κ1) is 22.5. The van der Waals surface area contributed by atoms with Gasteiger partial charge in [-0.15, -0.1) is 16.4 Å². The molecule has 0 atom stereocenters. The minimum absolute atomic E-state index is 0.0311. The van der Waals surface area contributed by atoms with E-state index in [4.69, 9.17) is 9.57 Å². The molecule has 0 N–H and O–H groups in total. The number of hydrogen-bond donors (Lipinski definition) is 0. The second-order valence-corrected chi connectivity index (χ2v) is 9.10. The van der Waals surface area contributed by atoms with Gasteiger partial charge in [-0.1, -0.05) is 12.1 Å². The number of hydroxylamine groups is 2. The topological polar surface area (TPSA) is 94.9 Å². The van der Waals surface area contributed by atoms with Crippen molar-refractivity contribution in [1.29, 1.82) is 0 Å². The van der Waals surface area contributed by atoms with Crippen molar-refractivity contribution in [3.05, 3.63) is 76.6 Å². The highest BCUT2D eigenvalue weighted by molar-refractivity contribution is 7.22. The molecule has 0 aliphatic carbocycles. The van der Waals surface area contributed by atoms with Gasteiger partial charge in [-0.05, 0) is 53.6 Å². The highest BCUT2D eigenvalue weighted by atomic mass is 32.1. The van der Waals surface area contributed by atoms with Gasteiger partial charge in [0.15, 0.2) is 0 Å². The van der Waals surface area contributed by atoms with E-state index in [1.165, 1.54) is 0 Å². The van der Waals surface area contributed by atoms with Crippen LogP contribution in [0.4, 0.5) is 0 Å². The zero-order chi connectivity index (χ0) is 24.7. The van der Waals surface area contributed by atoms with Gasteiger partial charge in [0, 0.05) is 36.4 Å². The number of carbonyl (C=O) groups excluding carboxylic acids is 3. The first-order valence-corrected chi connectivity index (χ1v) is 11.6. The molecule has 1 saturated heterocycles. The van der Waals surface area contributed by atoms with Gasteiger partial charge in [0.2, 0.25) is 0 Å². The van der Waals surface area contributed by atoms with Crippen LogP contribution in [0.3, 0.4) is 0 Å². The Bertz CT molecular complexity index is 1520. The fourth-order valence-electron chi connectivity index (χ4n) is 3.92. The van der Waals surface area contributed by atoms with Gasteiger partial charge in [-0.25, -0.2) is 4.79 Å². The molecule has 2 aromatic heterocycles. The summed E-state index contributed by atoms with van der Waals surface area (Å²) in [6, 6.07) is 17.8. The van der Waals surface area contributed by atoms with Crippen LogP contribution < -0.4 is 10.3 Å². The highest BCUT2D eigenvalue weighted by Gasteiger charge is 2.33. The molecule has 1 aliphatic rings. The molecule has 35 heavy (non-hydrogen) atoms. The van der Waals surface area contributed by atoms with Crippen molar-refractivity contribution in [2.75, 3.05) is 7.11 Å². The summed E-state index contributed by atoms with van der Waals surface area (Å²) in [6.07, 6.45) is 0.0622. The Morgan fingerprint density at radius 1 is 0.886 bits per heavy atom. The van der Waals surface area contributed by atoms with Crippen LogP contribution in [0.2, 0.25) is 0 Å². The molecule has 2 amide bonds. The molecule has 0 spiro atoms. The van der Waals surface area contributed by atoms with E-state index in [1.807, 2.05) is 30.3 Å². The van der Waals surface area contributed by atoms with Crippen molar-refractivity contribution < 1.29 is 24.0 Å². The maximum atomic E-state index is 12.7. The van der Waals surface area contributed by atoms with Crippen molar-refractivity contribution in [1.82, 2.24) is 9.63 Å². The Kier molecular flexibility index (Phi) is 5.70. The third-order valence-electron chi connectivity index (χ3n) is 5.90. The maximum absolute atomic E-state index is 12.7. The molecular formula is C26H20N2O6S. The smallest absolute Gasteiger partial charge is 0.363 e. The van der Waals surface area contributed by atoms with E-state index in [1.54, 1.807) is 60.4 Å². The fraction of sp³-hybridized carbons (Fsp3) is 0.154. The van der Waals surface area contributed by atoms with Crippen LogP contribution in [0.15, 0.2) is 65.5 Å². The number of aromatic nitrogens is 1. The number of ether oxygens (including phenoxy) is 1. The minimum atomic E-state index is -0.799. The van der Waals surface area contributed by atoms with Crippen LogP contribution in [0.1, 0.15) is 23.2 Å². The number of fused-ring (bicyclic) bond motifs is 1. The van der Waals surface area contributed by atoms with Crippen LogP contribution in [-0.2, 0) is 21.5 Å². The SMILES string of the molecule is COc1ccc(-c2cc3c(s2)c(-c2ccc(C(=O)ON4C(=O)CCC4=O)cc2)cc(=O)n3C)cc1. The van der Waals surface area contributed by atoms with Gasteiger partial charge in [-0.2, -0.15) is 0 Å². The molecule has 9 heteroatoms. The first-order chi connectivity index (χ1) is 16.9. The first-order valence-electron chi connectivity index (χ1n) is 10.8. The van der Waals surface area contributed by atoms with E-state index < -0.39 is 17.8 Å². The molecule has 5 rings (SSSR count). The molecule has 4 aromatic rings. The van der Waals surface area contributed by atoms with Gasteiger partial charge in [0.25, 0.3) is 17.4 Å². The van der Waals surface area contributed by atoms with E-state index in [0.717, 1.165) is 37.5 Å². The summed E-state index contributed by atoms with van der Waals surface area (Å²) in [4.78, 5) is 54.5. The summed E-state index contributed by atoms with van der Waals surface area (Å²) < 4.78 is 7.78. The van der Waals surface area contributed by atoms with E-state index in [9.17, 15) is 19.2 Å². The average molecular weight is 489 g/mol. The molecule has 0 bridgehead atoms. The van der Waals surface area contributed by atoms with Crippen molar-refractivity contribution in [3.8, 4) is 27.3 Å². The molecule has 176 valence electrons. The lowest BCUT2D eigenvalue weighted by molar-refractivity contribution is -0.172. The molecule has 0 radical (unpaired) electrons. The van der Waals surface area contributed by atoms with Crippen LogP contribution in [-0.4, -0.2) is 34.5 Å². The molecular weight excluding hydrogens is 468 g/mol. The maximum Gasteiger partial charge on any atom is 0.363 e. The van der Waals surface area contributed by atoms with Crippen molar-refractivity contribution in [2.24, 2.45) is 7.05 Å². The van der Waals surface area contributed by atoms with E-state index in [0.29, 0.717) is 5.06 Å². The summed E-state index contributed by atoms with van der Waals surface area (Å²) >= 11 is 1.57. The Labute approximate surface area is 203 Å². The van der Waals surface area contributed by atoms with Crippen LogP contribution in [0.25, 0.3) is 31.8 Å². The third-order valence-corrected chi connectivity index (χ3v) is 7.11. The molecule has 1 fully saturated rings. The summed E-state index contributed by atoms with van der Waals surface area (Å²) in [5.41, 5.74) is 3.35. The third kappa shape index (κ3) is 4.10. The van der Waals surface area contributed by atoms with E-state index in [-0.39, 0.29) is 24.0 Å². The molecule has 0 saturated carbocycles. The minimum Gasteiger partial charge on any atom is -0.497 e. The number of thiophene rings is 1. The monoisotopic (exact) mass is 488 g/mol. The van der Waals surface area contributed by atoms with Gasteiger partial charge < -0.3 is 14.1 Å². The summed E-state index contributed by atoms with van der Waals surface area (Å²) in [6.45, 7) is 0. The Morgan fingerprint density at radius 2 is 1.51 bits per heavy atom. The number of nitrogens with zero attached hydrogens (tertiary/aromatic N) is 2. The highest BCUT2D eigenvalue weighted by Crippen LogP contribution is 2.38. The molecule has 1 aliphatic heterocycles. The van der Waals surface area contributed by atoms with Gasteiger partial charge in [0.05, 0.1) is 22.9 Å². The van der Waals surface area contributed by atoms with Crippen molar-refractivity contribution in [2.45, 2.75) is 12.8 Å². The number of amides is 2. The Balaban J connectivity index is 1.49.